The van der Waals surface area contributed by atoms with Crippen molar-refractivity contribution in [3.63, 3.8) is 0 Å². The maximum Gasteiger partial charge on any atom is 0.270 e. The lowest BCUT2D eigenvalue weighted by Crippen LogP contribution is -2.38. The monoisotopic (exact) mass is 233 g/mol. The first kappa shape index (κ1) is 13.1. The van der Waals surface area contributed by atoms with Crippen molar-refractivity contribution in [3.8, 4) is 6.07 Å². The maximum atomic E-state index is 11.7. The molecule has 5 heteroatoms. The zero-order valence-electron chi connectivity index (χ0n) is 9.84. The summed E-state index contributed by atoms with van der Waals surface area (Å²) >= 11 is 0. The van der Waals surface area contributed by atoms with Gasteiger partial charge in [-0.3, -0.25) is 4.79 Å². The molecule has 0 saturated heterocycles. The first-order chi connectivity index (χ1) is 8.08. The fourth-order valence-electron chi connectivity index (χ4n) is 1.18. The van der Waals surface area contributed by atoms with Gasteiger partial charge in [-0.15, -0.1) is 0 Å². The van der Waals surface area contributed by atoms with Crippen LogP contribution in [0, 0.1) is 17.2 Å². The summed E-state index contributed by atoms with van der Waals surface area (Å²) in [5.41, 5.74) is 0.680. The highest BCUT2D eigenvalue weighted by Crippen LogP contribution is 2.03. The van der Waals surface area contributed by atoms with Crippen LogP contribution in [0.1, 0.15) is 29.9 Å². The van der Waals surface area contributed by atoms with Crippen LogP contribution in [-0.4, -0.2) is 28.6 Å². The third-order valence-corrected chi connectivity index (χ3v) is 2.63. The fourth-order valence-corrected chi connectivity index (χ4v) is 1.18. The maximum absolute atomic E-state index is 11.7. The zero-order valence-corrected chi connectivity index (χ0v) is 9.84. The summed E-state index contributed by atoms with van der Waals surface area (Å²) in [5.74, 6) is -0.320. The molecular weight excluding hydrogens is 218 g/mol. The summed E-state index contributed by atoms with van der Waals surface area (Å²) in [6.07, 6.45) is 1.36. The highest BCUT2D eigenvalue weighted by Gasteiger charge is 2.15. The third-order valence-electron chi connectivity index (χ3n) is 2.63. The molecule has 17 heavy (non-hydrogen) atoms. The fraction of sp³-hybridized carbons (Fsp3) is 0.417. The summed E-state index contributed by atoms with van der Waals surface area (Å²) in [6.45, 7) is 3.68. The molecule has 0 bridgehead atoms. The van der Waals surface area contributed by atoms with Crippen LogP contribution in [0.5, 0.6) is 0 Å². The number of hydrogen-bond donors (Lipinski definition) is 2. The van der Waals surface area contributed by atoms with Crippen molar-refractivity contribution in [2.45, 2.75) is 19.9 Å². The van der Waals surface area contributed by atoms with Crippen LogP contribution in [0.25, 0.3) is 0 Å². The average Bonchev–Trinajstić information content (AvgIpc) is 2.37. The van der Waals surface area contributed by atoms with Gasteiger partial charge < -0.3 is 10.4 Å². The van der Waals surface area contributed by atoms with Gasteiger partial charge in [-0.25, -0.2) is 4.98 Å². The number of nitrogens with zero attached hydrogens (tertiary/aromatic N) is 2. The van der Waals surface area contributed by atoms with Gasteiger partial charge in [0.25, 0.3) is 5.91 Å². The summed E-state index contributed by atoms with van der Waals surface area (Å²) in [7, 11) is 0. The topological polar surface area (TPSA) is 86.0 Å². The van der Waals surface area contributed by atoms with E-state index < -0.39 is 0 Å². The average molecular weight is 233 g/mol. The number of aliphatic hydroxyl groups excluding tert-OH is 1. The number of pyridine rings is 1. The predicted molar refractivity (Wildman–Crippen MR) is 62.1 cm³/mol. The predicted octanol–water partition coefficient (Wildman–Crippen LogP) is 0.700. The molecule has 1 rings (SSSR count). The molecule has 2 atom stereocenters. The smallest absolute Gasteiger partial charge is 0.270 e. The number of rotatable bonds is 4. The van der Waals surface area contributed by atoms with E-state index in [0.29, 0.717) is 5.56 Å². The van der Waals surface area contributed by atoms with Crippen molar-refractivity contribution in [1.82, 2.24) is 10.3 Å². The number of nitriles is 1. The number of hydrogen-bond acceptors (Lipinski definition) is 4. The highest BCUT2D eigenvalue weighted by atomic mass is 16.3. The lowest BCUT2D eigenvalue weighted by molar-refractivity contribution is 0.0911. The molecule has 1 heterocycles. The van der Waals surface area contributed by atoms with E-state index in [1.807, 2.05) is 19.9 Å². The van der Waals surface area contributed by atoms with Crippen molar-refractivity contribution >= 4 is 5.91 Å². The van der Waals surface area contributed by atoms with E-state index in [1.165, 1.54) is 12.3 Å². The number of aromatic nitrogens is 1. The molecular formula is C12H15N3O2. The van der Waals surface area contributed by atoms with Crippen LogP contribution in [-0.2, 0) is 0 Å². The third kappa shape index (κ3) is 3.54. The molecule has 2 N–H and O–H groups in total. The number of amides is 1. The van der Waals surface area contributed by atoms with Crippen molar-refractivity contribution in [2.75, 3.05) is 6.61 Å². The van der Waals surface area contributed by atoms with Gasteiger partial charge in [0.1, 0.15) is 11.8 Å². The van der Waals surface area contributed by atoms with E-state index in [0.717, 1.165) is 0 Å². The minimum absolute atomic E-state index is 0.0161. The summed E-state index contributed by atoms with van der Waals surface area (Å²) in [4.78, 5) is 15.6. The molecule has 0 saturated carbocycles. The van der Waals surface area contributed by atoms with Crippen LogP contribution < -0.4 is 5.32 Å². The quantitative estimate of drug-likeness (QED) is 0.801. The Hall–Kier alpha value is -1.93. The van der Waals surface area contributed by atoms with Gasteiger partial charge in [-0.2, -0.15) is 5.26 Å². The Kier molecular flexibility index (Phi) is 4.61. The molecule has 0 spiro atoms. The standard InChI is InChI=1S/C12H15N3O2/c1-8(7-16)9(2)15-12(17)11-4-3-10(5-13)6-14-11/h3-4,6,8-9,16H,7H2,1-2H3,(H,15,17). The van der Waals surface area contributed by atoms with E-state index in [1.54, 1.807) is 6.07 Å². The van der Waals surface area contributed by atoms with Gasteiger partial charge >= 0.3 is 0 Å². The number of aliphatic hydroxyl groups is 1. The molecule has 90 valence electrons. The SMILES string of the molecule is CC(CO)C(C)NC(=O)c1ccc(C#N)cn1. The Balaban J connectivity index is 2.67. The van der Waals surface area contributed by atoms with Crippen LogP contribution in [0.3, 0.4) is 0 Å². The van der Waals surface area contributed by atoms with Gasteiger partial charge in [0.2, 0.25) is 0 Å². The van der Waals surface area contributed by atoms with E-state index in [-0.39, 0.29) is 30.2 Å². The van der Waals surface area contributed by atoms with Gasteiger partial charge in [0, 0.05) is 18.8 Å². The van der Waals surface area contributed by atoms with Gasteiger partial charge in [-0.1, -0.05) is 6.92 Å². The normalized spacial score (nSPS) is 13.5. The Morgan fingerprint density at radius 1 is 1.59 bits per heavy atom. The molecule has 1 amide bonds. The van der Waals surface area contributed by atoms with Gasteiger partial charge in [0.15, 0.2) is 0 Å². The van der Waals surface area contributed by atoms with Gasteiger partial charge in [0.05, 0.1) is 5.56 Å². The van der Waals surface area contributed by atoms with Crippen LogP contribution in [0.4, 0.5) is 0 Å². The first-order valence-electron chi connectivity index (χ1n) is 5.36. The zero-order chi connectivity index (χ0) is 12.8. The highest BCUT2D eigenvalue weighted by molar-refractivity contribution is 5.92. The molecule has 0 aliphatic carbocycles. The van der Waals surface area contributed by atoms with E-state index in [9.17, 15) is 4.79 Å². The van der Waals surface area contributed by atoms with Gasteiger partial charge in [-0.05, 0) is 25.0 Å². The van der Waals surface area contributed by atoms with Crippen molar-refractivity contribution < 1.29 is 9.90 Å². The molecule has 0 fully saturated rings. The Labute approximate surface area is 100 Å². The van der Waals surface area contributed by atoms with Crippen molar-refractivity contribution in [1.29, 1.82) is 5.26 Å². The second kappa shape index (κ2) is 5.97. The Bertz CT molecular complexity index is 422. The summed E-state index contributed by atoms with van der Waals surface area (Å²) in [6, 6.07) is 4.85. The molecule has 0 radical (unpaired) electrons. The van der Waals surface area contributed by atoms with E-state index in [2.05, 4.69) is 10.3 Å². The summed E-state index contributed by atoms with van der Waals surface area (Å²) in [5, 5.41) is 20.3. The number of nitrogens with one attached hydrogen (secondary N) is 1. The lowest BCUT2D eigenvalue weighted by atomic mass is 10.1. The van der Waals surface area contributed by atoms with Crippen LogP contribution in [0.15, 0.2) is 18.3 Å². The van der Waals surface area contributed by atoms with E-state index in [4.69, 9.17) is 10.4 Å². The second-order valence-electron chi connectivity index (χ2n) is 3.97. The minimum atomic E-state index is -0.303. The Morgan fingerprint density at radius 3 is 2.76 bits per heavy atom. The molecule has 5 nitrogen and oxygen atoms in total. The Morgan fingerprint density at radius 2 is 2.29 bits per heavy atom. The van der Waals surface area contributed by atoms with Crippen LogP contribution >= 0.6 is 0 Å². The molecule has 1 aromatic heterocycles. The largest absolute Gasteiger partial charge is 0.396 e. The molecule has 2 unspecified atom stereocenters. The van der Waals surface area contributed by atoms with Crippen LogP contribution in [0.2, 0.25) is 0 Å². The minimum Gasteiger partial charge on any atom is -0.396 e. The molecule has 0 aliphatic rings. The van der Waals surface area contributed by atoms with Crippen molar-refractivity contribution in [2.24, 2.45) is 5.92 Å². The molecule has 0 aliphatic heterocycles. The second-order valence-corrected chi connectivity index (χ2v) is 3.97. The van der Waals surface area contributed by atoms with Crippen molar-refractivity contribution in [3.05, 3.63) is 29.6 Å². The first-order valence-corrected chi connectivity index (χ1v) is 5.36. The summed E-state index contributed by atoms with van der Waals surface area (Å²) < 4.78 is 0. The molecule has 1 aromatic rings. The number of carbonyl (C=O) groups is 1. The van der Waals surface area contributed by atoms with E-state index >= 15 is 0 Å². The number of carbonyl (C=O) groups excluding carboxylic acids is 1. The lowest BCUT2D eigenvalue weighted by Gasteiger charge is -2.18. The molecule has 0 aromatic carbocycles.